The molecule has 0 spiro atoms. The van der Waals surface area contributed by atoms with Crippen LogP contribution in [0.5, 0.6) is 23.0 Å². The Morgan fingerprint density at radius 3 is 1.09 bits per heavy atom. The van der Waals surface area contributed by atoms with E-state index in [1.807, 2.05) is 6.92 Å². The zero-order chi connectivity index (χ0) is 72.6. The summed E-state index contributed by atoms with van der Waals surface area (Å²) in [6, 6.07) is 43.5. The Morgan fingerprint density at radius 1 is 0.394 bits per heavy atom. The molecule has 2 heterocycles. The molecular formula is C91H114F2N2O4. The van der Waals surface area contributed by atoms with Crippen LogP contribution in [0.2, 0.25) is 0 Å². The highest BCUT2D eigenvalue weighted by Crippen LogP contribution is 2.54. The second-order valence-corrected chi connectivity index (χ2v) is 37.5. The Morgan fingerprint density at radius 2 is 0.737 bits per heavy atom. The molecule has 2 unspecified atom stereocenters. The van der Waals surface area contributed by atoms with Gasteiger partial charge in [0.15, 0.2) is 13.2 Å². The van der Waals surface area contributed by atoms with Gasteiger partial charge in [0.2, 0.25) is 11.5 Å². The first-order valence-corrected chi connectivity index (χ1v) is 36.3. The van der Waals surface area contributed by atoms with E-state index in [1.54, 1.807) is 24.3 Å². The molecule has 526 valence electrons. The average molecular weight is 1340 g/mol. The summed E-state index contributed by atoms with van der Waals surface area (Å²) in [7, 11) is 9.51. The van der Waals surface area contributed by atoms with Crippen LogP contribution in [-0.4, -0.2) is 32.6 Å². The van der Waals surface area contributed by atoms with E-state index in [1.165, 1.54) is 28.3 Å². The molecule has 2 N–H and O–H groups in total. The third-order valence-corrected chi connectivity index (χ3v) is 21.4. The molecule has 0 saturated heterocycles. The number of nitrogens with zero attached hydrogens (tertiary/aromatic N) is 2. The molecule has 0 bridgehead atoms. The number of benzene rings is 8. The van der Waals surface area contributed by atoms with Crippen LogP contribution in [0.3, 0.4) is 0 Å². The summed E-state index contributed by atoms with van der Waals surface area (Å²) in [5, 5.41) is 31.3. The molecule has 0 aliphatic heterocycles. The Balaban J connectivity index is 1.03. The Labute approximate surface area is 592 Å². The fourth-order valence-electron chi connectivity index (χ4n) is 16.7. The molecule has 1 aliphatic carbocycles. The third kappa shape index (κ3) is 14.6. The summed E-state index contributed by atoms with van der Waals surface area (Å²) in [5.74, 6) is 0.728. The highest BCUT2D eigenvalue weighted by Gasteiger charge is 2.38. The molecule has 2 aromatic heterocycles. The number of halogens is 2. The van der Waals surface area contributed by atoms with Gasteiger partial charge in [-0.25, -0.2) is 8.78 Å². The number of fused-ring (bicyclic) bond motifs is 6. The van der Waals surface area contributed by atoms with E-state index in [2.05, 4.69) is 267 Å². The number of aryl methyl sites for hydroxylation is 1. The topological polar surface area (TPSA) is 55.7 Å². The molecule has 8 heteroatoms. The van der Waals surface area contributed by atoms with Gasteiger partial charge in [-0.1, -0.05) is 214 Å². The average Bonchev–Trinajstić information content (AvgIpc) is 1.62. The Kier molecular flexibility index (Phi) is 18.7. The van der Waals surface area contributed by atoms with Crippen molar-refractivity contribution in [3.05, 3.63) is 192 Å². The highest BCUT2D eigenvalue weighted by atomic mass is 19.1. The number of aromatic nitrogens is 2. The van der Waals surface area contributed by atoms with Crippen LogP contribution in [0.4, 0.5) is 8.78 Å². The lowest BCUT2D eigenvalue weighted by atomic mass is 9.71. The fourth-order valence-corrected chi connectivity index (χ4v) is 16.7. The van der Waals surface area contributed by atoms with Crippen molar-refractivity contribution in [3.8, 4) is 56.6 Å². The molecule has 0 amide bonds. The molecule has 6 nitrogen and oxygen atoms in total. The predicted octanol–water partition coefficient (Wildman–Crippen LogP) is 26.5. The highest BCUT2D eigenvalue weighted by molar-refractivity contribution is 6.11. The zero-order valence-electron chi connectivity index (χ0n) is 64.2. The molecular weight excluding hydrogens is 1220 g/mol. The lowest BCUT2D eigenvalue weighted by Crippen LogP contribution is -2.30. The van der Waals surface area contributed by atoms with Crippen LogP contribution in [-0.2, 0) is 41.2 Å². The second-order valence-electron chi connectivity index (χ2n) is 37.5. The van der Waals surface area contributed by atoms with Gasteiger partial charge in [0, 0.05) is 56.1 Å². The van der Waals surface area contributed by atoms with Crippen molar-refractivity contribution in [1.29, 1.82) is 0 Å². The van der Waals surface area contributed by atoms with Crippen LogP contribution in [0.25, 0.3) is 77.2 Å². The van der Waals surface area contributed by atoms with E-state index in [-0.39, 0.29) is 66.7 Å². The van der Waals surface area contributed by atoms with Crippen molar-refractivity contribution in [3.63, 3.8) is 0 Å². The van der Waals surface area contributed by atoms with Crippen molar-refractivity contribution in [2.24, 2.45) is 22.7 Å². The lowest BCUT2D eigenvalue weighted by Gasteiger charge is -2.41. The van der Waals surface area contributed by atoms with E-state index in [0.717, 1.165) is 93.3 Å². The third-order valence-electron chi connectivity index (χ3n) is 21.4. The van der Waals surface area contributed by atoms with Crippen LogP contribution in [0.15, 0.2) is 127 Å². The number of phenols is 2. The Bertz CT molecular complexity index is 4600. The van der Waals surface area contributed by atoms with Gasteiger partial charge in [-0.2, -0.15) is 0 Å². The van der Waals surface area contributed by atoms with Gasteiger partial charge >= 0.3 is 0 Å². The smallest absolute Gasteiger partial charge is 0.237 e. The molecule has 1 fully saturated rings. The van der Waals surface area contributed by atoms with Crippen molar-refractivity contribution in [2.45, 2.75) is 230 Å². The zero-order valence-corrected chi connectivity index (χ0v) is 64.2. The normalized spacial score (nSPS) is 15.7. The number of rotatable bonds is 14. The minimum atomic E-state index is -0.421. The van der Waals surface area contributed by atoms with Gasteiger partial charge in [-0.15, -0.1) is 0 Å². The molecule has 1 saturated carbocycles. The van der Waals surface area contributed by atoms with Gasteiger partial charge in [0.1, 0.15) is 23.1 Å². The predicted molar refractivity (Wildman–Crippen MR) is 416 cm³/mol. The van der Waals surface area contributed by atoms with Gasteiger partial charge in [0.05, 0.1) is 44.6 Å². The summed E-state index contributed by atoms with van der Waals surface area (Å²) in [5.41, 5.74) is 13.4. The van der Waals surface area contributed by atoms with Crippen LogP contribution in [0.1, 0.15) is 230 Å². The van der Waals surface area contributed by atoms with Gasteiger partial charge < -0.3 is 28.1 Å². The molecule has 0 radical (unpaired) electrons. The minimum absolute atomic E-state index is 0.0426. The first-order chi connectivity index (χ1) is 45.7. The largest absolute Gasteiger partial charge is 0.711 e. The van der Waals surface area contributed by atoms with Crippen LogP contribution >= 0.6 is 0 Å². The summed E-state index contributed by atoms with van der Waals surface area (Å²) in [6.07, 6.45) is 5.52. The van der Waals surface area contributed by atoms with Crippen molar-refractivity contribution in [2.75, 3.05) is 13.2 Å². The van der Waals surface area contributed by atoms with Crippen molar-refractivity contribution < 1.29 is 27.7 Å². The standard InChI is InChI=1S/C91H114F2N2O4/c1-55-40-65(93)50-73(72-42-63(91(22,23)54-85(5,6)7)48-79(82(72)97)95-76-45-60(88(14,15)16)32-37-68(76)69-38-33-61(46-77(69)95)89(17,18)19)83(55)99(25)52-57-29-27-26-28-56(57)51-98(24)80-39-34-64(92)49-70(80)71-41-62(90(20,21)53-84(2,3)4)47-78(81(71)96)94-74-43-58(86(8,9)10)30-35-66(74)67-36-31-59(44-75(67)94)87(11,12)13/h30-50,56-57,96-97H,24-29,51-54H2,1-23H3. The molecule has 1 aliphatic rings. The quantitative estimate of drug-likeness (QED) is 0.0842. The minimum Gasteiger partial charge on any atom is -0.711 e. The fraction of sp³-hybridized carbons (Fsp3) is 0.451. The van der Waals surface area contributed by atoms with E-state index < -0.39 is 11.6 Å². The molecule has 8 aromatic carbocycles. The van der Waals surface area contributed by atoms with E-state index in [9.17, 15) is 10.2 Å². The maximum atomic E-state index is 16.7. The Hall–Kier alpha value is -7.58. The molecule has 10 aromatic rings. The second kappa shape index (κ2) is 25.5. The van der Waals surface area contributed by atoms with Crippen molar-refractivity contribution in [1.82, 2.24) is 9.13 Å². The van der Waals surface area contributed by atoms with E-state index >= 15 is 8.78 Å². The number of hydrogen-bond donors (Lipinski definition) is 2. The SMILES string of the molecule is [CH2-][O+](CC1CCCCC1C[O+]([CH2-])c1c(C)cc(F)cc1-c1cc(C(C)(C)CC(C)(C)C)cc(-n2c3cc(C(C)(C)C)ccc3c3ccc(C(C)(C)C)cc32)c1O)c1ccc(F)cc1-c1cc(C(C)(C)CC(C)(C)C)cc(-n2c3cc(C(C)(C)C)ccc3c3ccc(C(C)(C)C)cc32)c1O. The van der Waals surface area contributed by atoms with Crippen molar-refractivity contribution >= 4 is 43.6 Å². The summed E-state index contributed by atoms with van der Waals surface area (Å²) in [4.78, 5) is 0. The lowest BCUT2D eigenvalue weighted by molar-refractivity contribution is -0.0608. The van der Waals surface area contributed by atoms with Crippen LogP contribution < -0.4 is 0 Å². The van der Waals surface area contributed by atoms with E-state index in [0.29, 0.717) is 63.9 Å². The maximum Gasteiger partial charge on any atom is 0.237 e. The maximum absolute atomic E-state index is 16.7. The molecule has 2 atom stereocenters. The van der Waals surface area contributed by atoms with Gasteiger partial charge in [-0.3, -0.25) is 0 Å². The summed E-state index contributed by atoms with van der Waals surface area (Å²) >= 11 is 0. The van der Waals surface area contributed by atoms with Crippen LogP contribution in [0, 0.1) is 55.4 Å². The molecule has 99 heavy (non-hydrogen) atoms. The number of hydrogen-bond acceptors (Lipinski definition) is 2. The molecule has 11 rings (SSSR count). The number of phenolic OH excluding ortho intramolecular Hbond substituents is 2. The first-order valence-electron chi connectivity index (χ1n) is 36.3. The summed E-state index contributed by atoms with van der Waals surface area (Å²) in [6.45, 7) is 52.4. The van der Waals surface area contributed by atoms with Gasteiger partial charge in [0.25, 0.3) is 0 Å². The first kappa shape index (κ1) is 72.7. The number of aromatic hydroxyl groups is 2. The van der Waals surface area contributed by atoms with E-state index in [4.69, 9.17) is 14.2 Å². The van der Waals surface area contributed by atoms with Gasteiger partial charge in [-0.05, 0) is 196 Å². The summed E-state index contributed by atoms with van der Waals surface area (Å²) < 4.78 is 44.0. The monoisotopic (exact) mass is 1340 g/mol.